The van der Waals surface area contributed by atoms with Crippen molar-refractivity contribution in [1.29, 1.82) is 0 Å². The van der Waals surface area contributed by atoms with Gasteiger partial charge in [0.15, 0.2) is 0 Å². The maximum Gasteiger partial charge on any atom is 0.228 e. The highest BCUT2D eigenvalue weighted by Gasteiger charge is 2.31. The number of likely N-dealkylation sites (tertiary alicyclic amines) is 1. The summed E-state index contributed by atoms with van der Waals surface area (Å²) >= 11 is 0. The number of carbonyl (C=O) groups is 1. The number of H-pyrrole nitrogens is 1. The number of fused-ring (bicyclic) bond motifs is 1. The van der Waals surface area contributed by atoms with Crippen molar-refractivity contribution in [2.24, 2.45) is 5.92 Å². The number of aryl methyl sites for hydroxylation is 2. The Balaban J connectivity index is 1.22. The zero-order valence-electron chi connectivity index (χ0n) is 17.1. The van der Waals surface area contributed by atoms with E-state index < -0.39 is 0 Å². The molecule has 2 aliphatic rings. The first kappa shape index (κ1) is 18.4. The first-order chi connectivity index (χ1) is 14.1. The second-order valence-electron chi connectivity index (χ2n) is 8.52. The molecule has 1 aliphatic heterocycles. The Morgan fingerprint density at radius 2 is 1.97 bits per heavy atom. The summed E-state index contributed by atoms with van der Waals surface area (Å²) < 4.78 is 2.00. The van der Waals surface area contributed by atoms with Gasteiger partial charge < -0.3 is 10.3 Å². The fraction of sp³-hybridized carbons (Fsp3) is 0.500. The van der Waals surface area contributed by atoms with Crippen molar-refractivity contribution in [1.82, 2.24) is 24.6 Å². The number of benzene rings is 1. The molecule has 1 saturated carbocycles. The van der Waals surface area contributed by atoms with Crippen molar-refractivity contribution in [3.8, 4) is 0 Å². The summed E-state index contributed by atoms with van der Waals surface area (Å²) in [6.45, 7) is 7.09. The fourth-order valence-electron chi connectivity index (χ4n) is 4.25. The van der Waals surface area contributed by atoms with E-state index in [1.807, 2.05) is 10.7 Å². The Labute approximate surface area is 170 Å². The molecule has 7 heteroatoms. The molecular weight excluding hydrogens is 364 g/mol. The molecule has 1 saturated heterocycles. The molecule has 5 rings (SSSR count). The number of amides is 1. The van der Waals surface area contributed by atoms with Crippen LogP contribution in [-0.2, 0) is 11.3 Å². The molecule has 3 aromatic rings. The number of imidazole rings is 1. The topological polar surface area (TPSA) is 78.8 Å². The summed E-state index contributed by atoms with van der Waals surface area (Å²) in [5, 5.41) is 7.55. The number of piperidine rings is 1. The molecule has 1 amide bonds. The van der Waals surface area contributed by atoms with Crippen LogP contribution >= 0.6 is 0 Å². The van der Waals surface area contributed by atoms with E-state index in [1.54, 1.807) is 6.20 Å². The van der Waals surface area contributed by atoms with Crippen LogP contribution in [0.5, 0.6) is 0 Å². The smallest absolute Gasteiger partial charge is 0.228 e. The van der Waals surface area contributed by atoms with E-state index in [0.29, 0.717) is 6.04 Å². The number of hydrogen-bond donors (Lipinski definition) is 2. The second kappa shape index (κ2) is 7.30. The summed E-state index contributed by atoms with van der Waals surface area (Å²) in [4.78, 5) is 22.9. The van der Waals surface area contributed by atoms with E-state index in [-0.39, 0.29) is 11.8 Å². The molecule has 0 spiro atoms. The molecule has 2 aromatic heterocycles. The Hall–Kier alpha value is -2.67. The Morgan fingerprint density at radius 3 is 2.72 bits per heavy atom. The molecule has 0 unspecified atom stereocenters. The average molecular weight is 393 g/mol. The van der Waals surface area contributed by atoms with Crippen molar-refractivity contribution in [2.45, 2.75) is 52.1 Å². The van der Waals surface area contributed by atoms with Crippen molar-refractivity contribution in [3.05, 3.63) is 41.3 Å². The summed E-state index contributed by atoms with van der Waals surface area (Å²) in [5.74, 6) is 2.21. The lowest BCUT2D eigenvalue weighted by molar-refractivity contribution is -0.117. The Kier molecular flexibility index (Phi) is 4.62. The third kappa shape index (κ3) is 3.67. The lowest BCUT2D eigenvalue weighted by Gasteiger charge is -2.32. The highest BCUT2D eigenvalue weighted by atomic mass is 16.2. The van der Waals surface area contributed by atoms with Crippen LogP contribution in [0.25, 0.3) is 11.0 Å². The average Bonchev–Trinajstić information content (AvgIpc) is 3.35. The quantitative estimate of drug-likeness (QED) is 0.696. The zero-order chi connectivity index (χ0) is 20.0. The van der Waals surface area contributed by atoms with E-state index in [1.165, 1.54) is 11.1 Å². The monoisotopic (exact) mass is 392 g/mol. The Morgan fingerprint density at radius 1 is 1.17 bits per heavy atom. The highest BCUT2D eigenvalue weighted by molar-refractivity contribution is 5.93. The Bertz CT molecular complexity index is 1040. The van der Waals surface area contributed by atoms with Gasteiger partial charge in [-0.3, -0.25) is 9.69 Å². The number of aromatic nitrogens is 4. The van der Waals surface area contributed by atoms with Crippen LogP contribution in [0, 0.1) is 19.8 Å². The predicted octanol–water partition coefficient (Wildman–Crippen LogP) is 3.56. The van der Waals surface area contributed by atoms with Gasteiger partial charge in [-0.25, -0.2) is 9.67 Å². The van der Waals surface area contributed by atoms with Gasteiger partial charge in [0.05, 0.1) is 29.8 Å². The first-order valence-electron chi connectivity index (χ1n) is 10.6. The second-order valence-corrected chi connectivity index (χ2v) is 8.52. The summed E-state index contributed by atoms with van der Waals surface area (Å²) in [5.41, 5.74) is 4.73. The first-order valence-corrected chi connectivity index (χ1v) is 10.6. The minimum absolute atomic E-state index is 0.139. The van der Waals surface area contributed by atoms with Gasteiger partial charge in [-0.1, -0.05) is 6.07 Å². The normalized spacial score (nSPS) is 18.4. The minimum atomic E-state index is 0.139. The predicted molar refractivity (Wildman–Crippen MR) is 113 cm³/mol. The van der Waals surface area contributed by atoms with E-state index in [4.69, 9.17) is 4.98 Å². The van der Waals surface area contributed by atoms with Crippen molar-refractivity contribution in [3.63, 3.8) is 0 Å². The molecule has 7 nitrogen and oxygen atoms in total. The number of nitrogens with one attached hydrogen (secondary N) is 2. The van der Waals surface area contributed by atoms with Gasteiger partial charge in [-0.05, 0) is 56.7 Å². The molecule has 0 radical (unpaired) electrons. The number of nitrogens with zero attached hydrogens (tertiary/aromatic N) is 4. The molecular formula is C22H28N6O. The molecule has 2 N–H and O–H groups in total. The summed E-state index contributed by atoms with van der Waals surface area (Å²) in [6.07, 6.45) is 5.85. The van der Waals surface area contributed by atoms with Gasteiger partial charge in [-0.2, -0.15) is 5.10 Å². The van der Waals surface area contributed by atoms with Crippen molar-refractivity contribution in [2.75, 3.05) is 18.4 Å². The zero-order valence-corrected chi connectivity index (χ0v) is 17.1. The molecule has 1 aromatic carbocycles. The van der Waals surface area contributed by atoms with Gasteiger partial charge >= 0.3 is 0 Å². The number of aromatic amines is 1. The molecule has 152 valence electrons. The molecule has 1 aliphatic carbocycles. The number of anilines is 1. The molecule has 29 heavy (non-hydrogen) atoms. The third-order valence-corrected chi connectivity index (χ3v) is 6.37. The number of carbonyl (C=O) groups excluding carboxylic acids is 1. The standard InChI is InChI=1S/C22H28N6O/c1-14-3-6-18-21(15(14)2)25-19(24-18)13-27-11-8-17(9-12-27)28-20(7-10-23-28)26-22(29)16-4-5-16/h3,6-7,10,16-17H,4-5,8-9,11-13H2,1-2H3,(H,24,25)(H,26,29). The summed E-state index contributed by atoms with van der Waals surface area (Å²) in [6, 6.07) is 6.51. The maximum absolute atomic E-state index is 12.1. The molecule has 0 bridgehead atoms. The van der Waals surface area contributed by atoms with Gasteiger partial charge in [0.2, 0.25) is 5.91 Å². The third-order valence-electron chi connectivity index (χ3n) is 6.37. The van der Waals surface area contributed by atoms with E-state index >= 15 is 0 Å². The maximum atomic E-state index is 12.1. The fourth-order valence-corrected chi connectivity index (χ4v) is 4.25. The minimum Gasteiger partial charge on any atom is -0.341 e. The molecule has 0 atom stereocenters. The highest BCUT2D eigenvalue weighted by Crippen LogP contribution is 2.31. The van der Waals surface area contributed by atoms with Crippen LogP contribution in [0.1, 0.15) is 48.7 Å². The van der Waals surface area contributed by atoms with Gasteiger partial charge in [0.25, 0.3) is 0 Å². The largest absolute Gasteiger partial charge is 0.341 e. The van der Waals surface area contributed by atoms with E-state index in [2.05, 4.69) is 46.3 Å². The van der Waals surface area contributed by atoms with Crippen LogP contribution in [0.3, 0.4) is 0 Å². The van der Waals surface area contributed by atoms with Gasteiger partial charge in [0, 0.05) is 25.1 Å². The lowest BCUT2D eigenvalue weighted by Crippen LogP contribution is -2.35. The van der Waals surface area contributed by atoms with Crippen LogP contribution in [0.2, 0.25) is 0 Å². The molecule has 3 heterocycles. The van der Waals surface area contributed by atoms with Gasteiger partial charge in [-0.15, -0.1) is 0 Å². The number of rotatable bonds is 5. The van der Waals surface area contributed by atoms with Crippen LogP contribution in [-0.4, -0.2) is 43.6 Å². The van der Waals surface area contributed by atoms with Crippen molar-refractivity contribution >= 4 is 22.8 Å². The van der Waals surface area contributed by atoms with Gasteiger partial charge in [0.1, 0.15) is 11.6 Å². The number of hydrogen-bond acceptors (Lipinski definition) is 4. The van der Waals surface area contributed by atoms with Crippen LogP contribution in [0.15, 0.2) is 24.4 Å². The summed E-state index contributed by atoms with van der Waals surface area (Å²) in [7, 11) is 0. The van der Waals surface area contributed by atoms with E-state index in [0.717, 1.165) is 68.0 Å². The molecule has 2 fully saturated rings. The van der Waals surface area contributed by atoms with Crippen LogP contribution in [0.4, 0.5) is 5.82 Å². The van der Waals surface area contributed by atoms with Crippen LogP contribution < -0.4 is 5.32 Å². The van der Waals surface area contributed by atoms with E-state index in [9.17, 15) is 4.79 Å². The SMILES string of the molecule is Cc1ccc2[nH]c(CN3CCC(n4nccc4NC(=O)C4CC4)CC3)nc2c1C. The van der Waals surface area contributed by atoms with Crippen molar-refractivity contribution < 1.29 is 4.79 Å². The lowest BCUT2D eigenvalue weighted by atomic mass is 10.1.